The Morgan fingerprint density at radius 1 is 1.21 bits per heavy atom. The van der Waals surface area contributed by atoms with Crippen LogP contribution in [0.25, 0.3) is 0 Å². The van der Waals surface area contributed by atoms with Crippen molar-refractivity contribution in [3.05, 3.63) is 12.2 Å². The summed E-state index contributed by atoms with van der Waals surface area (Å²) in [7, 11) is 0. The normalized spacial score (nSPS) is 8.86. The molecule has 4 nitrogen and oxygen atoms in total. The van der Waals surface area contributed by atoms with Gasteiger partial charge in [-0.3, -0.25) is 0 Å². The van der Waals surface area contributed by atoms with Crippen LogP contribution in [0.4, 0.5) is 0 Å². The average Bonchev–Trinajstić information content (AvgIpc) is 1.86. The largest absolute Gasteiger partial charge is 0.478 e. The maximum atomic E-state index is 9.62. The SMILES string of the molecule is C=C(C)C(=O)O.O=C(O)C(Cl)(Cl)Cl.[Zn]. The maximum absolute atomic E-state index is 9.62. The number of hydrogen-bond donors (Lipinski definition) is 2. The van der Waals surface area contributed by atoms with Gasteiger partial charge in [0.05, 0.1) is 0 Å². The minimum absolute atomic E-state index is 0. The number of hydrogen-bond acceptors (Lipinski definition) is 2. The number of halogens is 3. The van der Waals surface area contributed by atoms with Gasteiger partial charge in [0.2, 0.25) is 0 Å². The van der Waals surface area contributed by atoms with E-state index in [1.807, 2.05) is 0 Å². The van der Waals surface area contributed by atoms with E-state index in [0.717, 1.165) is 0 Å². The van der Waals surface area contributed by atoms with Gasteiger partial charge < -0.3 is 10.2 Å². The molecule has 0 atom stereocenters. The van der Waals surface area contributed by atoms with E-state index in [1.54, 1.807) is 0 Å². The van der Waals surface area contributed by atoms with Gasteiger partial charge in [0.1, 0.15) is 0 Å². The van der Waals surface area contributed by atoms with Gasteiger partial charge >= 0.3 is 11.9 Å². The zero-order chi connectivity index (χ0) is 11.2. The van der Waals surface area contributed by atoms with E-state index < -0.39 is 15.7 Å². The van der Waals surface area contributed by atoms with Crippen LogP contribution in [0.2, 0.25) is 0 Å². The Hall–Kier alpha value is 0.173. The first-order valence-electron chi connectivity index (χ1n) is 2.78. The van der Waals surface area contributed by atoms with E-state index in [4.69, 9.17) is 45.0 Å². The Kier molecular flexibility index (Phi) is 11.9. The molecule has 0 aliphatic heterocycles. The molecule has 0 amide bonds. The number of aliphatic carboxylic acids is 2. The van der Waals surface area contributed by atoms with Crippen LogP contribution in [0.15, 0.2) is 12.2 Å². The molecule has 0 unspecified atom stereocenters. The zero-order valence-electron chi connectivity index (χ0n) is 7.26. The minimum atomic E-state index is -2.17. The predicted molar refractivity (Wildman–Crippen MR) is 50.4 cm³/mol. The van der Waals surface area contributed by atoms with Crippen LogP contribution in [0.3, 0.4) is 0 Å². The number of carbonyl (C=O) groups is 2. The van der Waals surface area contributed by atoms with Crippen LogP contribution in [-0.4, -0.2) is 25.9 Å². The molecule has 8 heteroatoms. The summed E-state index contributed by atoms with van der Waals surface area (Å²) in [5.41, 5.74) is 0.176. The van der Waals surface area contributed by atoms with Gasteiger partial charge in [-0.15, -0.1) is 0 Å². The second kappa shape index (κ2) is 8.48. The summed E-state index contributed by atoms with van der Waals surface area (Å²) in [6.07, 6.45) is 0. The third kappa shape index (κ3) is 14.7. The van der Waals surface area contributed by atoms with Crippen molar-refractivity contribution in [1.29, 1.82) is 0 Å². The summed E-state index contributed by atoms with van der Waals surface area (Å²) >= 11 is 14.4. The molecule has 0 aromatic carbocycles. The van der Waals surface area contributed by atoms with Gasteiger partial charge in [0.25, 0.3) is 3.79 Å². The van der Waals surface area contributed by atoms with Crippen molar-refractivity contribution in [2.75, 3.05) is 0 Å². The van der Waals surface area contributed by atoms with Crippen molar-refractivity contribution in [3.63, 3.8) is 0 Å². The van der Waals surface area contributed by atoms with E-state index in [0.29, 0.717) is 0 Å². The summed E-state index contributed by atoms with van der Waals surface area (Å²) in [6, 6.07) is 0. The van der Waals surface area contributed by atoms with Gasteiger partial charge in [0.15, 0.2) is 0 Å². The molecule has 0 rings (SSSR count). The maximum Gasteiger partial charge on any atom is 0.356 e. The Labute approximate surface area is 109 Å². The fourth-order valence-corrected chi connectivity index (χ4v) is 0. The van der Waals surface area contributed by atoms with Crippen LogP contribution in [-0.2, 0) is 29.1 Å². The third-order valence-corrected chi connectivity index (χ3v) is 1.09. The number of alkyl halides is 3. The first-order chi connectivity index (χ1) is 5.59. The Morgan fingerprint density at radius 3 is 1.36 bits per heavy atom. The van der Waals surface area contributed by atoms with Gasteiger partial charge in [-0.25, -0.2) is 9.59 Å². The molecule has 0 heterocycles. The molecule has 0 spiro atoms. The standard InChI is InChI=1S/C4H6O2.C2HCl3O2.Zn/c1-3(2)4(5)6;3-2(4,5)1(6)7;/h1H2,2H3,(H,5,6);(H,6,7);. The molecule has 0 radical (unpaired) electrons. The smallest absolute Gasteiger partial charge is 0.356 e. The van der Waals surface area contributed by atoms with Crippen molar-refractivity contribution in [2.45, 2.75) is 10.7 Å². The first-order valence-corrected chi connectivity index (χ1v) is 3.91. The molecule has 78 valence electrons. The third-order valence-electron chi connectivity index (χ3n) is 0.608. The Balaban J connectivity index is -0.000000163. The topological polar surface area (TPSA) is 74.6 Å². The second-order valence-electron chi connectivity index (χ2n) is 1.89. The van der Waals surface area contributed by atoms with Gasteiger partial charge in [0, 0.05) is 25.1 Å². The van der Waals surface area contributed by atoms with Crippen LogP contribution >= 0.6 is 34.8 Å². The summed E-state index contributed by atoms with van der Waals surface area (Å²) in [6.45, 7) is 4.60. The quantitative estimate of drug-likeness (QED) is 0.441. The monoisotopic (exact) mass is 312 g/mol. The number of rotatable bonds is 1. The second-order valence-corrected chi connectivity index (χ2v) is 4.17. The summed E-state index contributed by atoms with van der Waals surface area (Å²) in [5.74, 6) is -2.40. The minimum Gasteiger partial charge on any atom is -0.478 e. The van der Waals surface area contributed by atoms with E-state index >= 15 is 0 Å². The van der Waals surface area contributed by atoms with Crippen LogP contribution < -0.4 is 0 Å². The van der Waals surface area contributed by atoms with Gasteiger partial charge in [-0.2, -0.15) is 0 Å². The predicted octanol–water partition coefficient (Wildman–Crippen LogP) is 2.09. The number of carboxylic acid groups (broad SMARTS) is 2. The molecule has 0 aliphatic carbocycles. The molecule has 0 saturated heterocycles. The van der Waals surface area contributed by atoms with E-state index in [9.17, 15) is 9.59 Å². The molecule has 0 aromatic rings. The first kappa shape index (κ1) is 19.7. The molecule has 14 heavy (non-hydrogen) atoms. The zero-order valence-corrected chi connectivity index (χ0v) is 12.5. The molecule has 0 aliphatic rings. The summed E-state index contributed by atoms with van der Waals surface area (Å²) < 4.78 is -2.17. The van der Waals surface area contributed by atoms with Gasteiger partial charge in [-0.1, -0.05) is 41.4 Å². The molecule has 0 bridgehead atoms. The Bertz CT molecular complexity index is 212. The molecule has 0 saturated carbocycles. The molecular weight excluding hydrogens is 308 g/mol. The van der Waals surface area contributed by atoms with Crippen molar-refractivity contribution < 1.29 is 39.3 Å². The summed E-state index contributed by atoms with van der Waals surface area (Å²) in [5, 5.41) is 15.7. The van der Waals surface area contributed by atoms with Crippen LogP contribution in [0.1, 0.15) is 6.92 Å². The fraction of sp³-hybridized carbons (Fsp3) is 0.333. The van der Waals surface area contributed by atoms with Crippen molar-refractivity contribution in [2.24, 2.45) is 0 Å². The molecule has 2 N–H and O–H groups in total. The Morgan fingerprint density at radius 2 is 1.36 bits per heavy atom. The van der Waals surface area contributed by atoms with Crippen molar-refractivity contribution in [1.82, 2.24) is 0 Å². The van der Waals surface area contributed by atoms with Crippen molar-refractivity contribution >= 4 is 46.7 Å². The fourth-order valence-electron chi connectivity index (χ4n) is 0. The van der Waals surface area contributed by atoms with Crippen molar-refractivity contribution in [3.8, 4) is 0 Å². The average molecular weight is 315 g/mol. The van der Waals surface area contributed by atoms with E-state index in [2.05, 4.69) is 6.58 Å². The van der Waals surface area contributed by atoms with Gasteiger partial charge in [-0.05, 0) is 6.92 Å². The molecule has 0 aromatic heterocycles. The molecule has 0 fully saturated rings. The van der Waals surface area contributed by atoms with Crippen LogP contribution in [0.5, 0.6) is 0 Å². The van der Waals surface area contributed by atoms with Crippen LogP contribution in [0, 0.1) is 0 Å². The number of carboxylic acids is 2. The van der Waals surface area contributed by atoms with E-state index in [-0.39, 0.29) is 25.1 Å². The summed E-state index contributed by atoms with van der Waals surface area (Å²) in [4.78, 5) is 19.2. The van der Waals surface area contributed by atoms with E-state index in [1.165, 1.54) is 6.92 Å². The molecular formula is C6H7Cl3O4Zn.